The summed E-state index contributed by atoms with van der Waals surface area (Å²) in [5, 5.41) is 0.542. The van der Waals surface area contributed by atoms with Gasteiger partial charge in [-0.2, -0.15) is 15.0 Å². The Balaban J connectivity index is 1.51. The lowest BCUT2D eigenvalue weighted by molar-refractivity contribution is -0.129. The third-order valence-corrected chi connectivity index (χ3v) is 6.42. The Kier molecular flexibility index (Phi) is 5.28. The molecule has 0 bridgehead atoms. The largest absolute Gasteiger partial charge is 0.378 e. The minimum atomic E-state index is 0.0992. The normalized spacial score (nSPS) is 17.4. The second-order valence-corrected chi connectivity index (χ2v) is 8.65. The first kappa shape index (κ1) is 19.9. The number of carbonyl (C=O) groups excluding carboxylic acids is 1. The number of hydrogen-bond acceptors (Lipinski definition) is 10. The topological polar surface area (TPSA) is 114 Å². The number of nitrogen functional groups attached to an aromatic ring is 1. The number of fused-ring (bicyclic) bond motifs is 1. The number of amides is 1. The van der Waals surface area contributed by atoms with Gasteiger partial charge < -0.3 is 25.2 Å². The number of benzene rings is 1. The standard InChI is InChI=1S/C20H24N8O2S/c1-13(29)26-4-6-27(7-5-26)19-23-17(24-20(25-19)28-8-10-30-11-9-28)14-2-3-15-16(12-14)31-18(21)22-15/h2-3,12H,4-11H2,1H3,(H2,21,22). The molecule has 2 aliphatic rings. The van der Waals surface area contributed by atoms with Gasteiger partial charge >= 0.3 is 0 Å². The van der Waals surface area contributed by atoms with E-state index in [1.807, 2.05) is 23.1 Å². The van der Waals surface area contributed by atoms with E-state index in [-0.39, 0.29) is 5.91 Å². The van der Waals surface area contributed by atoms with Crippen molar-refractivity contribution in [3.8, 4) is 11.4 Å². The first-order valence-corrected chi connectivity index (χ1v) is 11.1. The van der Waals surface area contributed by atoms with Crippen LogP contribution in [-0.4, -0.2) is 83.2 Å². The summed E-state index contributed by atoms with van der Waals surface area (Å²) in [6.45, 7) is 7.10. The number of morpholine rings is 1. The Morgan fingerprint density at radius 2 is 1.65 bits per heavy atom. The molecule has 11 heteroatoms. The van der Waals surface area contributed by atoms with Crippen molar-refractivity contribution >= 4 is 44.5 Å². The highest BCUT2D eigenvalue weighted by molar-refractivity contribution is 7.22. The SMILES string of the molecule is CC(=O)N1CCN(c2nc(-c3ccc4nc(N)sc4c3)nc(N3CCOCC3)n2)CC1. The predicted molar refractivity (Wildman–Crippen MR) is 120 cm³/mol. The molecule has 0 radical (unpaired) electrons. The zero-order chi connectivity index (χ0) is 21.4. The Morgan fingerprint density at radius 1 is 0.968 bits per heavy atom. The summed E-state index contributed by atoms with van der Waals surface area (Å²) in [6.07, 6.45) is 0. The molecule has 0 spiro atoms. The zero-order valence-electron chi connectivity index (χ0n) is 17.3. The van der Waals surface area contributed by atoms with E-state index in [1.54, 1.807) is 6.92 Å². The Bertz CT molecular complexity index is 1110. The number of carbonyl (C=O) groups is 1. The number of piperazine rings is 1. The molecule has 0 aliphatic carbocycles. The van der Waals surface area contributed by atoms with Crippen molar-refractivity contribution in [2.24, 2.45) is 0 Å². The third kappa shape index (κ3) is 4.10. The van der Waals surface area contributed by atoms with E-state index in [0.717, 1.165) is 28.9 Å². The number of thiazole rings is 1. The summed E-state index contributed by atoms with van der Waals surface area (Å²) >= 11 is 1.45. The average molecular weight is 441 g/mol. The smallest absolute Gasteiger partial charge is 0.230 e. The predicted octanol–water partition coefficient (Wildman–Crippen LogP) is 1.24. The van der Waals surface area contributed by atoms with Gasteiger partial charge in [0.05, 0.1) is 23.4 Å². The summed E-state index contributed by atoms with van der Waals surface area (Å²) in [7, 11) is 0. The van der Waals surface area contributed by atoms with Crippen molar-refractivity contribution in [1.29, 1.82) is 0 Å². The quantitative estimate of drug-likeness (QED) is 0.642. The van der Waals surface area contributed by atoms with Gasteiger partial charge in [-0.3, -0.25) is 4.79 Å². The van der Waals surface area contributed by atoms with Crippen LogP contribution in [0.4, 0.5) is 17.0 Å². The molecule has 162 valence electrons. The lowest BCUT2D eigenvalue weighted by Gasteiger charge is -2.35. The van der Waals surface area contributed by atoms with Gasteiger partial charge in [0.2, 0.25) is 17.8 Å². The fraction of sp³-hybridized carbons (Fsp3) is 0.450. The van der Waals surface area contributed by atoms with Gasteiger partial charge in [0.25, 0.3) is 0 Å². The van der Waals surface area contributed by atoms with Crippen LogP contribution in [0.1, 0.15) is 6.92 Å². The van der Waals surface area contributed by atoms with Gasteiger partial charge in [-0.25, -0.2) is 4.98 Å². The second kappa shape index (κ2) is 8.23. The maximum Gasteiger partial charge on any atom is 0.230 e. The van der Waals surface area contributed by atoms with Gasteiger partial charge in [0.1, 0.15) is 0 Å². The number of hydrogen-bond donors (Lipinski definition) is 1. The molecule has 4 heterocycles. The molecule has 2 saturated heterocycles. The Labute approximate surface area is 183 Å². The summed E-state index contributed by atoms with van der Waals surface area (Å²) in [5.74, 6) is 2.01. The first-order valence-electron chi connectivity index (χ1n) is 10.3. The zero-order valence-corrected chi connectivity index (χ0v) is 18.1. The van der Waals surface area contributed by atoms with Crippen LogP contribution in [0.3, 0.4) is 0 Å². The molecule has 10 nitrogen and oxygen atoms in total. The molecule has 0 atom stereocenters. The van der Waals surface area contributed by atoms with Crippen molar-refractivity contribution < 1.29 is 9.53 Å². The van der Waals surface area contributed by atoms with E-state index in [2.05, 4.69) is 14.8 Å². The molecule has 1 aromatic carbocycles. The van der Waals surface area contributed by atoms with Crippen molar-refractivity contribution in [2.45, 2.75) is 6.92 Å². The van der Waals surface area contributed by atoms with Crippen molar-refractivity contribution in [1.82, 2.24) is 24.8 Å². The molecule has 2 N–H and O–H groups in total. The summed E-state index contributed by atoms with van der Waals surface area (Å²) in [6, 6.07) is 5.94. The monoisotopic (exact) mass is 440 g/mol. The Morgan fingerprint density at radius 3 is 2.32 bits per heavy atom. The van der Waals surface area contributed by atoms with E-state index in [1.165, 1.54) is 11.3 Å². The van der Waals surface area contributed by atoms with Crippen molar-refractivity contribution in [3.05, 3.63) is 18.2 Å². The molecule has 2 aromatic heterocycles. The van der Waals surface area contributed by atoms with Crippen molar-refractivity contribution in [2.75, 3.05) is 68.0 Å². The van der Waals surface area contributed by atoms with E-state index in [0.29, 0.717) is 62.2 Å². The number of nitrogens with two attached hydrogens (primary N) is 1. The van der Waals surface area contributed by atoms with Gasteiger partial charge in [0.15, 0.2) is 11.0 Å². The molecular formula is C20H24N8O2S. The van der Waals surface area contributed by atoms with Crippen LogP contribution >= 0.6 is 11.3 Å². The van der Waals surface area contributed by atoms with Crippen molar-refractivity contribution in [3.63, 3.8) is 0 Å². The highest BCUT2D eigenvalue weighted by Gasteiger charge is 2.24. The highest BCUT2D eigenvalue weighted by Crippen LogP contribution is 2.29. The fourth-order valence-electron chi connectivity index (χ4n) is 3.83. The van der Waals surface area contributed by atoms with Crippen LogP contribution in [0, 0.1) is 0 Å². The lowest BCUT2D eigenvalue weighted by atomic mass is 10.2. The molecule has 5 rings (SSSR count). The minimum absolute atomic E-state index is 0.0992. The second-order valence-electron chi connectivity index (χ2n) is 7.59. The summed E-state index contributed by atoms with van der Waals surface area (Å²) in [4.78, 5) is 36.5. The number of anilines is 3. The van der Waals surface area contributed by atoms with Crippen LogP contribution in [0.5, 0.6) is 0 Å². The average Bonchev–Trinajstić information content (AvgIpc) is 3.18. The lowest BCUT2D eigenvalue weighted by Crippen LogP contribution is -2.48. The van der Waals surface area contributed by atoms with Gasteiger partial charge in [-0.15, -0.1) is 0 Å². The molecular weight excluding hydrogens is 416 g/mol. The van der Waals surface area contributed by atoms with Crippen LogP contribution < -0.4 is 15.5 Å². The maximum absolute atomic E-state index is 11.7. The third-order valence-electron chi connectivity index (χ3n) is 5.58. The van der Waals surface area contributed by atoms with Crippen LogP contribution in [0.2, 0.25) is 0 Å². The van der Waals surface area contributed by atoms with Crippen LogP contribution in [0.25, 0.3) is 21.6 Å². The molecule has 0 saturated carbocycles. The number of rotatable bonds is 3. The van der Waals surface area contributed by atoms with E-state index < -0.39 is 0 Å². The number of ether oxygens (including phenoxy) is 1. The molecule has 1 amide bonds. The molecule has 2 fully saturated rings. The van der Waals surface area contributed by atoms with E-state index >= 15 is 0 Å². The number of aromatic nitrogens is 4. The van der Waals surface area contributed by atoms with E-state index in [4.69, 9.17) is 25.4 Å². The summed E-state index contributed by atoms with van der Waals surface area (Å²) in [5.41, 5.74) is 7.64. The molecule has 3 aromatic rings. The Hall–Kier alpha value is -3.05. The molecule has 2 aliphatic heterocycles. The maximum atomic E-state index is 11.7. The van der Waals surface area contributed by atoms with E-state index in [9.17, 15) is 4.79 Å². The highest BCUT2D eigenvalue weighted by atomic mass is 32.1. The van der Waals surface area contributed by atoms with Gasteiger partial charge in [-0.1, -0.05) is 11.3 Å². The molecule has 0 unspecified atom stereocenters. The summed E-state index contributed by atoms with van der Waals surface area (Å²) < 4.78 is 6.49. The van der Waals surface area contributed by atoms with Crippen LogP contribution in [0.15, 0.2) is 18.2 Å². The molecule has 31 heavy (non-hydrogen) atoms. The fourth-order valence-corrected chi connectivity index (χ4v) is 4.61. The first-order chi connectivity index (χ1) is 15.1. The van der Waals surface area contributed by atoms with Crippen LogP contribution in [-0.2, 0) is 9.53 Å². The van der Waals surface area contributed by atoms with Gasteiger partial charge in [-0.05, 0) is 18.2 Å². The number of nitrogens with zero attached hydrogens (tertiary/aromatic N) is 7. The minimum Gasteiger partial charge on any atom is -0.378 e. The van der Waals surface area contributed by atoms with Gasteiger partial charge in [0, 0.05) is 51.8 Å².